The molecule has 0 atom stereocenters. The van der Waals surface area contributed by atoms with Crippen LogP contribution in [0.2, 0.25) is 10.0 Å². The van der Waals surface area contributed by atoms with Crippen molar-refractivity contribution in [3.05, 3.63) is 57.6 Å². The van der Waals surface area contributed by atoms with Crippen molar-refractivity contribution in [1.29, 1.82) is 0 Å². The van der Waals surface area contributed by atoms with Crippen LogP contribution in [0.15, 0.2) is 36.4 Å². The fourth-order valence-corrected chi connectivity index (χ4v) is 2.44. The maximum atomic E-state index is 6.17. The molecule has 0 aliphatic carbocycles. The van der Waals surface area contributed by atoms with Crippen LogP contribution in [-0.2, 0) is 5.41 Å². The van der Waals surface area contributed by atoms with Crippen molar-refractivity contribution in [2.24, 2.45) is 0 Å². The average Bonchev–Trinajstić information content (AvgIpc) is 2.33. The Morgan fingerprint density at radius 1 is 0.900 bits per heavy atom. The molecule has 0 unspecified atom stereocenters. The van der Waals surface area contributed by atoms with Gasteiger partial charge in [0.2, 0.25) is 0 Å². The standard InChI is InChI=1S/C17H18Cl2O/c1-11-5-7-15(13(9-11)17(2,3)4)20-16-8-6-12(18)10-14(16)19/h5-10H,1-4H3. The number of ether oxygens (including phenoxy) is 1. The first-order chi connectivity index (χ1) is 9.27. The van der Waals surface area contributed by atoms with E-state index in [9.17, 15) is 0 Å². The van der Waals surface area contributed by atoms with E-state index in [-0.39, 0.29) is 5.41 Å². The Kier molecular flexibility index (Phi) is 4.31. The minimum Gasteiger partial charge on any atom is -0.455 e. The van der Waals surface area contributed by atoms with Crippen LogP contribution in [0.5, 0.6) is 11.5 Å². The smallest absolute Gasteiger partial charge is 0.146 e. The highest BCUT2D eigenvalue weighted by Gasteiger charge is 2.20. The van der Waals surface area contributed by atoms with E-state index in [2.05, 4.69) is 33.8 Å². The molecule has 0 aromatic heterocycles. The van der Waals surface area contributed by atoms with Crippen LogP contribution in [0, 0.1) is 6.92 Å². The highest BCUT2D eigenvalue weighted by molar-refractivity contribution is 6.35. The fourth-order valence-electron chi connectivity index (χ4n) is 2.00. The largest absolute Gasteiger partial charge is 0.455 e. The first kappa shape index (κ1) is 15.2. The number of hydrogen-bond acceptors (Lipinski definition) is 1. The van der Waals surface area contributed by atoms with Gasteiger partial charge in [0.1, 0.15) is 11.5 Å². The van der Waals surface area contributed by atoms with Gasteiger partial charge in [0, 0.05) is 10.6 Å². The van der Waals surface area contributed by atoms with Crippen molar-refractivity contribution in [1.82, 2.24) is 0 Å². The summed E-state index contributed by atoms with van der Waals surface area (Å²) in [6, 6.07) is 11.4. The predicted molar refractivity (Wildman–Crippen MR) is 86.4 cm³/mol. The van der Waals surface area contributed by atoms with Gasteiger partial charge in [-0.3, -0.25) is 0 Å². The number of halogens is 2. The third-order valence-electron chi connectivity index (χ3n) is 3.06. The Bertz CT molecular complexity index is 627. The summed E-state index contributed by atoms with van der Waals surface area (Å²) in [5, 5.41) is 1.11. The molecule has 0 aliphatic heterocycles. The molecule has 2 aromatic rings. The average molecular weight is 309 g/mol. The lowest BCUT2D eigenvalue weighted by atomic mass is 9.85. The lowest BCUT2D eigenvalue weighted by Gasteiger charge is -2.23. The summed E-state index contributed by atoms with van der Waals surface area (Å²) >= 11 is 12.1. The van der Waals surface area contributed by atoms with Gasteiger partial charge in [-0.15, -0.1) is 0 Å². The summed E-state index contributed by atoms with van der Waals surface area (Å²) < 4.78 is 5.99. The van der Waals surface area contributed by atoms with Crippen molar-refractivity contribution in [2.45, 2.75) is 33.1 Å². The quantitative estimate of drug-likeness (QED) is 0.624. The molecule has 1 nitrogen and oxygen atoms in total. The first-order valence-electron chi connectivity index (χ1n) is 6.51. The monoisotopic (exact) mass is 308 g/mol. The highest BCUT2D eigenvalue weighted by Crippen LogP contribution is 2.37. The molecule has 0 radical (unpaired) electrons. The second kappa shape index (κ2) is 5.67. The highest BCUT2D eigenvalue weighted by atomic mass is 35.5. The zero-order valence-corrected chi connectivity index (χ0v) is 13.6. The second-order valence-corrected chi connectivity index (χ2v) is 6.77. The zero-order chi connectivity index (χ0) is 14.9. The molecule has 0 N–H and O–H groups in total. The van der Waals surface area contributed by atoms with E-state index >= 15 is 0 Å². The Balaban J connectivity index is 2.43. The van der Waals surface area contributed by atoms with Gasteiger partial charge in [-0.2, -0.15) is 0 Å². The molecule has 0 amide bonds. The summed E-state index contributed by atoms with van der Waals surface area (Å²) in [6.07, 6.45) is 0. The van der Waals surface area contributed by atoms with E-state index in [4.69, 9.17) is 27.9 Å². The summed E-state index contributed by atoms with van der Waals surface area (Å²) in [5.41, 5.74) is 2.37. The van der Waals surface area contributed by atoms with Gasteiger partial charge >= 0.3 is 0 Å². The number of benzene rings is 2. The fraction of sp³-hybridized carbons (Fsp3) is 0.294. The van der Waals surface area contributed by atoms with Crippen molar-refractivity contribution in [2.75, 3.05) is 0 Å². The van der Waals surface area contributed by atoms with Crippen LogP contribution in [0.1, 0.15) is 31.9 Å². The van der Waals surface area contributed by atoms with Crippen molar-refractivity contribution >= 4 is 23.2 Å². The van der Waals surface area contributed by atoms with Gasteiger partial charge in [0.15, 0.2) is 0 Å². The minimum absolute atomic E-state index is 0.000253. The molecule has 0 spiro atoms. The number of aryl methyl sites for hydroxylation is 1. The molecule has 0 aliphatic rings. The topological polar surface area (TPSA) is 9.23 Å². The maximum absolute atomic E-state index is 6.17. The Morgan fingerprint density at radius 2 is 1.55 bits per heavy atom. The molecule has 3 heteroatoms. The molecule has 0 saturated heterocycles. The second-order valence-electron chi connectivity index (χ2n) is 5.93. The van der Waals surface area contributed by atoms with Gasteiger partial charge < -0.3 is 4.74 Å². The van der Waals surface area contributed by atoms with E-state index in [1.807, 2.05) is 12.1 Å². The van der Waals surface area contributed by atoms with E-state index in [1.54, 1.807) is 18.2 Å². The Hall–Kier alpha value is -1.18. The summed E-state index contributed by atoms with van der Waals surface area (Å²) in [5.74, 6) is 1.44. The molecule has 106 valence electrons. The van der Waals surface area contributed by atoms with Crippen LogP contribution in [-0.4, -0.2) is 0 Å². The summed E-state index contributed by atoms with van der Waals surface area (Å²) in [4.78, 5) is 0. The van der Waals surface area contributed by atoms with Gasteiger partial charge in [-0.1, -0.05) is 61.7 Å². The molecule has 0 fully saturated rings. The molecule has 2 aromatic carbocycles. The third-order valence-corrected chi connectivity index (χ3v) is 3.59. The number of rotatable bonds is 2. The van der Waals surface area contributed by atoms with Crippen LogP contribution >= 0.6 is 23.2 Å². The molecule has 20 heavy (non-hydrogen) atoms. The molecule has 2 rings (SSSR count). The predicted octanol–water partition coefficient (Wildman–Crippen LogP) is 6.39. The van der Waals surface area contributed by atoms with E-state index in [1.165, 1.54) is 5.56 Å². The van der Waals surface area contributed by atoms with Crippen molar-refractivity contribution in [3.63, 3.8) is 0 Å². The van der Waals surface area contributed by atoms with E-state index in [0.717, 1.165) is 11.3 Å². The molecule has 0 saturated carbocycles. The van der Waals surface area contributed by atoms with Crippen LogP contribution in [0.3, 0.4) is 0 Å². The summed E-state index contributed by atoms with van der Waals surface area (Å²) in [6.45, 7) is 8.57. The lowest BCUT2D eigenvalue weighted by Crippen LogP contribution is -2.12. The van der Waals surface area contributed by atoms with Gasteiger partial charge in [0.25, 0.3) is 0 Å². The molecular formula is C17H18Cl2O. The van der Waals surface area contributed by atoms with Gasteiger partial charge in [0.05, 0.1) is 5.02 Å². The van der Waals surface area contributed by atoms with E-state index < -0.39 is 0 Å². The zero-order valence-electron chi connectivity index (χ0n) is 12.1. The molecule has 0 heterocycles. The van der Waals surface area contributed by atoms with Crippen molar-refractivity contribution in [3.8, 4) is 11.5 Å². The van der Waals surface area contributed by atoms with E-state index in [0.29, 0.717) is 15.8 Å². The van der Waals surface area contributed by atoms with Crippen molar-refractivity contribution < 1.29 is 4.74 Å². The van der Waals surface area contributed by atoms with Gasteiger partial charge in [-0.05, 0) is 36.6 Å². The molecular weight excluding hydrogens is 291 g/mol. The number of hydrogen-bond donors (Lipinski definition) is 0. The lowest BCUT2D eigenvalue weighted by molar-refractivity contribution is 0.455. The van der Waals surface area contributed by atoms with Gasteiger partial charge in [-0.25, -0.2) is 0 Å². The Labute approximate surface area is 130 Å². The Morgan fingerprint density at radius 3 is 2.15 bits per heavy atom. The molecule has 0 bridgehead atoms. The SMILES string of the molecule is Cc1ccc(Oc2ccc(Cl)cc2Cl)c(C(C)(C)C)c1. The van der Waals surface area contributed by atoms with Crippen LogP contribution in [0.4, 0.5) is 0 Å². The normalized spacial score (nSPS) is 11.5. The maximum Gasteiger partial charge on any atom is 0.146 e. The van der Waals surface area contributed by atoms with Crippen LogP contribution in [0.25, 0.3) is 0 Å². The minimum atomic E-state index is 0.000253. The first-order valence-corrected chi connectivity index (χ1v) is 7.27. The third kappa shape index (κ3) is 3.47. The van der Waals surface area contributed by atoms with Crippen LogP contribution < -0.4 is 4.74 Å². The summed E-state index contributed by atoms with van der Waals surface area (Å²) in [7, 11) is 0.